The third kappa shape index (κ3) is 3.44. The van der Waals surface area contributed by atoms with E-state index in [0.717, 1.165) is 21.5 Å². The van der Waals surface area contributed by atoms with Crippen LogP contribution in [-0.4, -0.2) is 28.5 Å². The van der Waals surface area contributed by atoms with Gasteiger partial charge >= 0.3 is 0 Å². The summed E-state index contributed by atoms with van der Waals surface area (Å²) in [5.41, 5.74) is 0.885. The van der Waals surface area contributed by atoms with Crippen LogP contribution < -0.4 is 9.47 Å². The second-order valence-corrected chi connectivity index (χ2v) is 7.64. The van der Waals surface area contributed by atoms with Crippen LogP contribution >= 0.6 is 15.9 Å². The van der Waals surface area contributed by atoms with E-state index in [-0.39, 0.29) is 19.1 Å². The van der Waals surface area contributed by atoms with Gasteiger partial charge in [0.1, 0.15) is 0 Å². The molecule has 4 rings (SSSR count). The monoisotopic (exact) mass is 430 g/mol. The van der Waals surface area contributed by atoms with Crippen molar-refractivity contribution in [3.8, 4) is 11.5 Å². The fourth-order valence-electron chi connectivity index (χ4n) is 3.38. The zero-order valence-corrected chi connectivity index (χ0v) is 16.4. The summed E-state index contributed by atoms with van der Waals surface area (Å²) in [5, 5.41) is 16.7. The van der Waals surface area contributed by atoms with Crippen molar-refractivity contribution < 1.29 is 19.4 Å². The van der Waals surface area contributed by atoms with E-state index in [1.54, 1.807) is 12.1 Å². The van der Waals surface area contributed by atoms with Gasteiger partial charge in [-0.3, -0.25) is 4.79 Å². The largest absolute Gasteiger partial charge is 0.454 e. The van der Waals surface area contributed by atoms with E-state index in [1.807, 2.05) is 37.3 Å². The maximum atomic E-state index is 12.8. The van der Waals surface area contributed by atoms with E-state index in [1.165, 1.54) is 5.01 Å². The fourth-order valence-corrected chi connectivity index (χ4v) is 3.64. The van der Waals surface area contributed by atoms with Crippen LogP contribution in [0.2, 0.25) is 0 Å². The van der Waals surface area contributed by atoms with Gasteiger partial charge in [-0.05, 0) is 43.2 Å². The van der Waals surface area contributed by atoms with Gasteiger partial charge in [0.25, 0.3) is 0 Å². The van der Waals surface area contributed by atoms with Crippen molar-refractivity contribution in [3.63, 3.8) is 0 Å². The number of halogens is 1. The van der Waals surface area contributed by atoms with Gasteiger partial charge in [0.05, 0.1) is 0 Å². The van der Waals surface area contributed by atoms with E-state index in [4.69, 9.17) is 9.47 Å². The molecule has 2 aliphatic heterocycles. The molecule has 0 aliphatic carbocycles. The second-order valence-electron chi connectivity index (χ2n) is 6.73. The smallest absolute Gasteiger partial charge is 0.245 e. The van der Waals surface area contributed by atoms with Crippen molar-refractivity contribution >= 4 is 27.5 Å². The molecule has 1 amide bonds. The van der Waals surface area contributed by atoms with Crippen LogP contribution in [0.5, 0.6) is 11.5 Å². The number of nitrogens with zero attached hydrogens (tertiary/aromatic N) is 2. The summed E-state index contributed by atoms with van der Waals surface area (Å²) in [6, 6.07) is 12.9. The molecule has 0 unspecified atom stereocenters. The van der Waals surface area contributed by atoms with Gasteiger partial charge in [0.15, 0.2) is 17.2 Å². The van der Waals surface area contributed by atoms with Gasteiger partial charge in [-0.1, -0.05) is 34.1 Å². The number of rotatable bonds is 4. The maximum absolute atomic E-state index is 12.8. The van der Waals surface area contributed by atoms with Crippen LogP contribution in [0.4, 0.5) is 0 Å². The van der Waals surface area contributed by atoms with Crippen LogP contribution in [0.15, 0.2) is 52.0 Å². The van der Waals surface area contributed by atoms with Crippen LogP contribution in [0.3, 0.4) is 0 Å². The first-order valence-electron chi connectivity index (χ1n) is 8.70. The molecule has 7 heteroatoms. The Morgan fingerprint density at radius 2 is 1.96 bits per heavy atom. The number of ether oxygens (including phenoxy) is 2. The number of carbonyl (C=O) groups excluding carboxylic acids is 1. The zero-order valence-electron chi connectivity index (χ0n) is 14.8. The highest BCUT2D eigenvalue weighted by molar-refractivity contribution is 9.10. The lowest BCUT2D eigenvalue weighted by Crippen LogP contribution is -2.43. The highest BCUT2D eigenvalue weighted by atomic mass is 79.9. The molecule has 0 saturated heterocycles. The molecule has 2 aliphatic rings. The highest BCUT2D eigenvalue weighted by Gasteiger charge is 2.44. The van der Waals surface area contributed by atoms with Crippen molar-refractivity contribution in [2.24, 2.45) is 5.10 Å². The predicted octanol–water partition coefficient (Wildman–Crippen LogP) is 3.56. The number of hydrogen-bond acceptors (Lipinski definition) is 5. The first-order chi connectivity index (χ1) is 13.0. The molecule has 2 aromatic carbocycles. The van der Waals surface area contributed by atoms with Crippen molar-refractivity contribution in [2.75, 3.05) is 6.79 Å². The SMILES string of the molecule is CC1=NN(C(=O)CCc2ccc3c(c2)OCO3)[C@](O)(c2ccc(Br)cc2)C1. The van der Waals surface area contributed by atoms with Gasteiger partial charge < -0.3 is 14.6 Å². The predicted molar refractivity (Wildman–Crippen MR) is 103 cm³/mol. The lowest BCUT2D eigenvalue weighted by molar-refractivity contribution is -0.157. The Morgan fingerprint density at radius 3 is 2.74 bits per heavy atom. The van der Waals surface area contributed by atoms with Gasteiger partial charge in [-0.25, -0.2) is 0 Å². The van der Waals surface area contributed by atoms with E-state index in [9.17, 15) is 9.90 Å². The Morgan fingerprint density at radius 1 is 1.22 bits per heavy atom. The molecule has 27 heavy (non-hydrogen) atoms. The Bertz CT molecular complexity index is 913. The average molecular weight is 431 g/mol. The Kier molecular flexibility index (Phi) is 4.65. The molecule has 1 atom stereocenters. The summed E-state index contributed by atoms with van der Waals surface area (Å²) in [6.07, 6.45) is 1.05. The Hall–Kier alpha value is -2.38. The van der Waals surface area contributed by atoms with Crippen molar-refractivity contribution in [3.05, 3.63) is 58.1 Å². The molecule has 1 N–H and O–H groups in total. The summed E-state index contributed by atoms with van der Waals surface area (Å²) in [6.45, 7) is 2.04. The Labute approximate surface area is 165 Å². The van der Waals surface area contributed by atoms with E-state index in [2.05, 4.69) is 21.0 Å². The number of fused-ring (bicyclic) bond motifs is 1. The minimum Gasteiger partial charge on any atom is -0.454 e. The van der Waals surface area contributed by atoms with Gasteiger partial charge in [0.2, 0.25) is 12.7 Å². The number of hydrogen-bond donors (Lipinski definition) is 1. The summed E-state index contributed by atoms with van der Waals surface area (Å²) >= 11 is 3.39. The lowest BCUT2D eigenvalue weighted by Gasteiger charge is -2.31. The zero-order chi connectivity index (χ0) is 19.0. The van der Waals surface area contributed by atoms with Crippen LogP contribution in [-0.2, 0) is 16.9 Å². The number of aliphatic hydroxyl groups is 1. The number of amides is 1. The molecule has 140 valence electrons. The summed E-state index contributed by atoms with van der Waals surface area (Å²) in [4.78, 5) is 12.8. The molecule has 0 bridgehead atoms. The normalized spacial score (nSPS) is 20.7. The number of benzene rings is 2. The summed E-state index contributed by atoms with van der Waals surface area (Å²) in [7, 11) is 0. The molecule has 0 saturated carbocycles. The molecular weight excluding hydrogens is 412 g/mol. The molecule has 2 aromatic rings. The van der Waals surface area contributed by atoms with E-state index in [0.29, 0.717) is 24.2 Å². The third-order valence-corrected chi connectivity index (χ3v) is 5.26. The highest BCUT2D eigenvalue weighted by Crippen LogP contribution is 2.37. The minimum atomic E-state index is -1.45. The van der Waals surface area contributed by atoms with Crippen molar-refractivity contribution in [1.29, 1.82) is 0 Å². The topological polar surface area (TPSA) is 71.4 Å². The minimum absolute atomic E-state index is 0.222. The molecule has 0 fully saturated rings. The number of carbonyl (C=O) groups is 1. The van der Waals surface area contributed by atoms with Crippen LogP contribution in [0.25, 0.3) is 0 Å². The first-order valence-corrected chi connectivity index (χ1v) is 9.49. The van der Waals surface area contributed by atoms with Crippen molar-refractivity contribution in [1.82, 2.24) is 5.01 Å². The summed E-state index contributed by atoms with van der Waals surface area (Å²) in [5.74, 6) is 1.19. The molecule has 0 radical (unpaired) electrons. The molecule has 0 aromatic heterocycles. The maximum Gasteiger partial charge on any atom is 0.245 e. The molecule has 0 spiro atoms. The lowest BCUT2D eigenvalue weighted by atomic mass is 9.97. The van der Waals surface area contributed by atoms with Crippen LogP contribution in [0.1, 0.15) is 30.9 Å². The molecule has 6 nitrogen and oxygen atoms in total. The first kappa shape index (κ1) is 18.0. The van der Waals surface area contributed by atoms with Gasteiger partial charge in [-0.15, -0.1) is 0 Å². The quantitative estimate of drug-likeness (QED) is 0.804. The summed E-state index contributed by atoms with van der Waals surface area (Å²) < 4.78 is 11.6. The van der Waals surface area contributed by atoms with Crippen molar-refractivity contribution in [2.45, 2.75) is 31.9 Å². The van der Waals surface area contributed by atoms with E-state index >= 15 is 0 Å². The average Bonchev–Trinajstić information content (AvgIpc) is 3.24. The number of aryl methyl sites for hydroxylation is 1. The molecule has 2 heterocycles. The standard InChI is InChI=1S/C20H19BrN2O4/c1-13-11-20(25,15-4-6-16(21)7-5-15)23(22-13)19(24)9-3-14-2-8-17-18(10-14)27-12-26-17/h2,4-8,10,25H,3,9,11-12H2,1H3/t20-/m1/s1. The van der Waals surface area contributed by atoms with Gasteiger partial charge in [-0.2, -0.15) is 10.1 Å². The van der Waals surface area contributed by atoms with Crippen LogP contribution in [0, 0.1) is 0 Å². The third-order valence-electron chi connectivity index (χ3n) is 4.73. The van der Waals surface area contributed by atoms with Gasteiger partial charge in [0, 0.05) is 28.6 Å². The van der Waals surface area contributed by atoms with E-state index < -0.39 is 5.72 Å². The fraction of sp³-hybridized carbons (Fsp3) is 0.300. The second kappa shape index (κ2) is 6.98. The number of hydrazone groups is 1. The Balaban J connectivity index is 1.50. The molecular formula is C20H19BrN2O4.